The summed E-state index contributed by atoms with van der Waals surface area (Å²) in [4.78, 5) is 72.6. The predicted molar refractivity (Wildman–Crippen MR) is 395 cm³/mol. The van der Waals surface area contributed by atoms with Gasteiger partial charge in [0.05, 0.1) is 26.4 Å². The molecule has 5 atom stereocenters. The van der Waals surface area contributed by atoms with E-state index in [1.807, 2.05) is 0 Å². The summed E-state index contributed by atoms with van der Waals surface area (Å²) < 4.78 is 68.4. The molecule has 0 heterocycles. The third-order valence-corrected chi connectivity index (χ3v) is 20.0. The summed E-state index contributed by atoms with van der Waals surface area (Å²) in [6, 6.07) is 0. The van der Waals surface area contributed by atoms with E-state index in [1.54, 1.807) is 0 Å². The molecule has 3 N–H and O–H groups in total. The lowest BCUT2D eigenvalue weighted by Gasteiger charge is -2.21. The number of hydrogen-bond donors (Lipinski definition) is 3. The van der Waals surface area contributed by atoms with Crippen LogP contribution in [0.3, 0.4) is 0 Å². The Bertz CT molecular complexity index is 1890. The van der Waals surface area contributed by atoms with Gasteiger partial charge in [0.15, 0.2) is 12.2 Å². The molecule has 0 amide bonds. The molecule has 0 aromatic heterocycles. The lowest BCUT2D eigenvalue weighted by molar-refractivity contribution is -0.161. The molecule has 0 fully saturated rings. The van der Waals surface area contributed by atoms with Crippen molar-refractivity contribution < 1.29 is 80.2 Å². The van der Waals surface area contributed by atoms with Crippen molar-refractivity contribution >= 4 is 39.5 Å². The van der Waals surface area contributed by atoms with E-state index in [1.165, 1.54) is 205 Å². The number of aliphatic hydroxyl groups excluding tert-OH is 1. The molecule has 0 spiro atoms. The molecule has 0 aromatic rings. The maximum Gasteiger partial charge on any atom is 0.472 e. The Hall–Kier alpha value is -1.94. The molecule has 0 aliphatic carbocycles. The van der Waals surface area contributed by atoms with E-state index in [0.717, 1.165) is 114 Å². The molecule has 19 heteroatoms. The number of carbonyl (C=O) groups is 4. The SMILES string of the molecule is CCCCCCCC(=O)OC[C@H](COP(=O)(O)OC[C@H](O)COP(=O)(O)OC[C@@H](COC(=O)CCCCCCCCCCCCCCCCCC(C)C)OC(=O)CCCCCCCCCCCCCCCCCCCCC(C)C)OC(=O)CCCCCCCCCCCCC(C)C. The smallest absolute Gasteiger partial charge is 0.462 e. The molecule has 0 aliphatic rings. The van der Waals surface area contributed by atoms with Gasteiger partial charge in [-0.15, -0.1) is 0 Å². The number of aliphatic hydroxyl groups is 1. The van der Waals surface area contributed by atoms with Crippen molar-refractivity contribution in [2.75, 3.05) is 39.6 Å². The van der Waals surface area contributed by atoms with Crippen LogP contribution in [0.5, 0.6) is 0 Å². The van der Waals surface area contributed by atoms with E-state index in [0.29, 0.717) is 25.7 Å². The first-order valence-electron chi connectivity index (χ1n) is 40.3. The van der Waals surface area contributed by atoms with Gasteiger partial charge in [-0.1, -0.05) is 350 Å². The Balaban J connectivity index is 5.13. The standard InChI is InChI=1S/C78H152O17P2/c1-8-9-10-42-52-59-75(80)88-65-73(94-77(82)62-55-48-41-35-29-28-32-38-45-51-58-71(6)7)67-92-96(84,85)90-63-72(79)64-91-97(86,87)93-68-74(66-89-76(81)60-53-46-39-33-26-22-19-15-17-21-25-31-37-44-50-57-70(4)5)95-78(83)61-54-47-40-34-27-23-18-14-12-11-13-16-20-24-30-36-43-49-56-69(2)3/h69-74,79H,8-68H2,1-7H3,(H,84,85)(H,86,87)/t72-,73+,74+/m0/s1. The van der Waals surface area contributed by atoms with Gasteiger partial charge in [0.2, 0.25) is 0 Å². The summed E-state index contributed by atoms with van der Waals surface area (Å²) in [5.41, 5.74) is 0. The number of rotatable bonds is 76. The molecule has 0 rings (SSSR count). The van der Waals surface area contributed by atoms with Gasteiger partial charge in [-0.2, -0.15) is 0 Å². The topological polar surface area (TPSA) is 237 Å². The summed E-state index contributed by atoms with van der Waals surface area (Å²) in [6.45, 7) is 11.9. The zero-order valence-corrected chi connectivity index (χ0v) is 65.3. The highest BCUT2D eigenvalue weighted by Crippen LogP contribution is 2.45. The fraction of sp³-hybridized carbons (Fsp3) is 0.949. The minimum Gasteiger partial charge on any atom is -0.462 e. The summed E-state index contributed by atoms with van der Waals surface area (Å²) in [5, 5.41) is 10.6. The van der Waals surface area contributed by atoms with E-state index in [-0.39, 0.29) is 25.7 Å². The number of esters is 4. The Morgan fingerprint density at radius 2 is 0.474 bits per heavy atom. The van der Waals surface area contributed by atoms with Crippen LogP contribution in [0.4, 0.5) is 0 Å². The van der Waals surface area contributed by atoms with E-state index in [9.17, 15) is 43.2 Å². The Morgan fingerprint density at radius 3 is 0.701 bits per heavy atom. The van der Waals surface area contributed by atoms with E-state index >= 15 is 0 Å². The van der Waals surface area contributed by atoms with Gasteiger partial charge in [0, 0.05) is 25.7 Å². The first kappa shape index (κ1) is 95.1. The molecule has 0 aromatic carbocycles. The van der Waals surface area contributed by atoms with Gasteiger partial charge in [-0.3, -0.25) is 37.3 Å². The number of phosphoric acid groups is 2. The highest BCUT2D eigenvalue weighted by Gasteiger charge is 2.30. The largest absolute Gasteiger partial charge is 0.472 e. The second-order valence-corrected chi connectivity index (χ2v) is 32.4. The molecule has 2 unspecified atom stereocenters. The average molecular weight is 1420 g/mol. The fourth-order valence-corrected chi connectivity index (χ4v) is 13.5. The van der Waals surface area contributed by atoms with Crippen LogP contribution in [0.1, 0.15) is 402 Å². The maximum atomic E-state index is 13.1. The zero-order chi connectivity index (χ0) is 71.6. The van der Waals surface area contributed by atoms with Crippen LogP contribution in [0.2, 0.25) is 0 Å². The molecule has 0 saturated carbocycles. The number of hydrogen-bond acceptors (Lipinski definition) is 15. The third kappa shape index (κ3) is 72.2. The van der Waals surface area contributed by atoms with Crippen LogP contribution in [-0.2, 0) is 65.4 Å². The maximum absolute atomic E-state index is 13.1. The first-order valence-corrected chi connectivity index (χ1v) is 43.3. The summed E-state index contributed by atoms with van der Waals surface area (Å²) >= 11 is 0. The van der Waals surface area contributed by atoms with Gasteiger partial charge in [-0.05, 0) is 43.4 Å². The van der Waals surface area contributed by atoms with Crippen molar-refractivity contribution in [2.45, 2.75) is 420 Å². The van der Waals surface area contributed by atoms with Crippen LogP contribution in [-0.4, -0.2) is 96.7 Å². The Morgan fingerprint density at radius 1 is 0.278 bits per heavy atom. The summed E-state index contributed by atoms with van der Waals surface area (Å²) in [7, 11) is -9.90. The van der Waals surface area contributed by atoms with Crippen molar-refractivity contribution in [3.05, 3.63) is 0 Å². The van der Waals surface area contributed by atoms with Crippen LogP contribution >= 0.6 is 15.6 Å². The normalized spacial score (nSPS) is 14.0. The van der Waals surface area contributed by atoms with Gasteiger partial charge in [0.1, 0.15) is 19.3 Å². The number of carbonyl (C=O) groups excluding carboxylic acids is 4. The molecule has 576 valence electrons. The van der Waals surface area contributed by atoms with Crippen molar-refractivity contribution in [3.8, 4) is 0 Å². The first-order chi connectivity index (χ1) is 46.7. The van der Waals surface area contributed by atoms with Gasteiger partial charge in [0.25, 0.3) is 0 Å². The minimum atomic E-state index is -4.96. The lowest BCUT2D eigenvalue weighted by Crippen LogP contribution is -2.30. The molecule has 0 radical (unpaired) electrons. The van der Waals surface area contributed by atoms with Gasteiger partial charge < -0.3 is 33.8 Å². The van der Waals surface area contributed by atoms with Gasteiger partial charge in [-0.25, -0.2) is 9.13 Å². The second kappa shape index (κ2) is 68.5. The third-order valence-electron chi connectivity index (χ3n) is 18.1. The highest BCUT2D eigenvalue weighted by atomic mass is 31.2. The van der Waals surface area contributed by atoms with Crippen molar-refractivity contribution in [3.63, 3.8) is 0 Å². The molecule has 97 heavy (non-hydrogen) atoms. The van der Waals surface area contributed by atoms with Crippen LogP contribution < -0.4 is 0 Å². The van der Waals surface area contributed by atoms with Gasteiger partial charge >= 0.3 is 39.5 Å². The molecule has 0 saturated heterocycles. The molecular formula is C78H152O17P2. The molecule has 0 aliphatic heterocycles. The van der Waals surface area contributed by atoms with Crippen molar-refractivity contribution in [2.24, 2.45) is 17.8 Å². The molecular weight excluding hydrogens is 1270 g/mol. The lowest BCUT2D eigenvalue weighted by atomic mass is 10.0. The van der Waals surface area contributed by atoms with E-state index in [2.05, 4.69) is 48.5 Å². The fourth-order valence-electron chi connectivity index (χ4n) is 12.0. The number of unbranched alkanes of at least 4 members (excludes halogenated alkanes) is 44. The van der Waals surface area contributed by atoms with E-state index < -0.39 is 97.5 Å². The molecule has 17 nitrogen and oxygen atoms in total. The summed E-state index contributed by atoms with van der Waals surface area (Å²) in [5.74, 6) is 0.252. The van der Waals surface area contributed by atoms with Crippen LogP contribution in [0, 0.1) is 17.8 Å². The average Bonchev–Trinajstić information content (AvgIpc) is 1.38. The van der Waals surface area contributed by atoms with E-state index in [4.69, 9.17) is 37.0 Å². The molecule has 0 bridgehead atoms. The number of phosphoric ester groups is 2. The minimum absolute atomic E-state index is 0.105. The summed E-state index contributed by atoms with van der Waals surface area (Å²) in [6.07, 6.45) is 56.0. The van der Waals surface area contributed by atoms with Crippen molar-refractivity contribution in [1.82, 2.24) is 0 Å². The monoisotopic (exact) mass is 1420 g/mol. The predicted octanol–water partition coefficient (Wildman–Crippen LogP) is 23.0. The number of ether oxygens (including phenoxy) is 4. The Kier molecular flexibility index (Phi) is 67.1. The quantitative estimate of drug-likeness (QED) is 0.0222. The van der Waals surface area contributed by atoms with Crippen LogP contribution in [0.25, 0.3) is 0 Å². The highest BCUT2D eigenvalue weighted by molar-refractivity contribution is 7.47. The second-order valence-electron chi connectivity index (χ2n) is 29.5. The zero-order valence-electron chi connectivity index (χ0n) is 63.5. The van der Waals surface area contributed by atoms with Crippen LogP contribution in [0.15, 0.2) is 0 Å². The van der Waals surface area contributed by atoms with Crippen molar-refractivity contribution in [1.29, 1.82) is 0 Å². The Labute approximate surface area is 594 Å².